The van der Waals surface area contributed by atoms with Crippen molar-refractivity contribution in [2.24, 2.45) is 0 Å². The summed E-state index contributed by atoms with van der Waals surface area (Å²) in [6, 6.07) is 12.2. The molecule has 0 bridgehead atoms. The number of Topliss-reactive ketones (excluding diaryl/α,β-unsaturated/α-hetero) is 1. The summed E-state index contributed by atoms with van der Waals surface area (Å²) in [6.07, 6.45) is 1.20. The van der Waals surface area contributed by atoms with Gasteiger partial charge in [-0.25, -0.2) is 0 Å². The van der Waals surface area contributed by atoms with E-state index in [-0.39, 0.29) is 11.7 Å². The maximum atomic E-state index is 12.5. The third-order valence-corrected chi connectivity index (χ3v) is 4.66. The molecule has 1 amide bonds. The highest BCUT2D eigenvalue weighted by Crippen LogP contribution is 2.30. The zero-order valence-electron chi connectivity index (χ0n) is 14.6. The number of rotatable bonds is 5. The van der Waals surface area contributed by atoms with Crippen LogP contribution in [0.4, 0.5) is 11.4 Å². The van der Waals surface area contributed by atoms with Crippen LogP contribution in [0.15, 0.2) is 53.7 Å². The Kier molecular flexibility index (Phi) is 5.28. The summed E-state index contributed by atoms with van der Waals surface area (Å²) in [5.74, 6) is 0.448. The molecule has 0 saturated heterocycles. The van der Waals surface area contributed by atoms with Crippen LogP contribution < -0.4 is 15.4 Å². The van der Waals surface area contributed by atoms with Gasteiger partial charge in [0.1, 0.15) is 5.75 Å². The Labute approximate surface area is 157 Å². The van der Waals surface area contributed by atoms with Crippen LogP contribution in [-0.4, -0.2) is 18.8 Å². The number of methoxy groups -OCH3 is 1. The molecule has 0 saturated carbocycles. The smallest absolute Gasteiger partial charge is 0.255 e. The Morgan fingerprint density at radius 3 is 2.54 bits per heavy atom. The van der Waals surface area contributed by atoms with Crippen LogP contribution in [0.25, 0.3) is 0 Å². The Morgan fingerprint density at radius 2 is 1.88 bits per heavy atom. The molecular formula is C20H19ClN2O3. The first kappa shape index (κ1) is 18.0. The first-order valence-electron chi connectivity index (χ1n) is 8.23. The number of ether oxygens (including phenoxy) is 1. The van der Waals surface area contributed by atoms with Crippen LogP contribution in [0.1, 0.15) is 30.1 Å². The lowest BCUT2D eigenvalue weighted by molar-refractivity contribution is -0.114. The number of nitrogens with one attached hydrogen (secondary N) is 2. The average Bonchev–Trinajstić information content (AvgIpc) is 2.95. The predicted molar refractivity (Wildman–Crippen MR) is 103 cm³/mol. The van der Waals surface area contributed by atoms with Crippen LogP contribution in [0, 0.1) is 0 Å². The maximum Gasteiger partial charge on any atom is 0.255 e. The van der Waals surface area contributed by atoms with Crippen LogP contribution in [0.5, 0.6) is 5.75 Å². The molecular weight excluding hydrogens is 352 g/mol. The second kappa shape index (κ2) is 7.62. The van der Waals surface area contributed by atoms with Crippen LogP contribution in [0.2, 0.25) is 5.02 Å². The van der Waals surface area contributed by atoms with E-state index in [0.29, 0.717) is 40.6 Å². The molecule has 0 aromatic heterocycles. The summed E-state index contributed by atoms with van der Waals surface area (Å²) in [5, 5.41) is 6.43. The van der Waals surface area contributed by atoms with Gasteiger partial charge in [0.2, 0.25) is 0 Å². The van der Waals surface area contributed by atoms with Crippen molar-refractivity contribution in [1.82, 2.24) is 0 Å². The van der Waals surface area contributed by atoms with Crippen LogP contribution >= 0.6 is 11.6 Å². The van der Waals surface area contributed by atoms with Gasteiger partial charge in [-0.1, -0.05) is 23.7 Å². The minimum Gasteiger partial charge on any atom is -0.495 e. The summed E-state index contributed by atoms with van der Waals surface area (Å²) < 4.78 is 5.23. The number of amides is 1. The molecule has 2 aromatic carbocycles. The molecule has 6 heteroatoms. The number of ketones is 1. The zero-order chi connectivity index (χ0) is 18.7. The fourth-order valence-corrected chi connectivity index (χ4v) is 3.03. The van der Waals surface area contributed by atoms with Gasteiger partial charge in [-0.15, -0.1) is 0 Å². The van der Waals surface area contributed by atoms with Crippen molar-refractivity contribution in [1.29, 1.82) is 0 Å². The molecule has 3 rings (SSSR count). The molecule has 1 aliphatic rings. The summed E-state index contributed by atoms with van der Waals surface area (Å²) in [4.78, 5) is 24.1. The Bertz CT molecular complexity index is 906. The molecule has 0 atom stereocenters. The van der Waals surface area contributed by atoms with Crippen molar-refractivity contribution in [2.75, 3.05) is 17.7 Å². The van der Waals surface area contributed by atoms with Gasteiger partial charge >= 0.3 is 0 Å². The molecule has 0 spiro atoms. The first-order valence-corrected chi connectivity index (χ1v) is 8.61. The number of anilines is 2. The van der Waals surface area contributed by atoms with E-state index in [1.54, 1.807) is 44.4 Å². The summed E-state index contributed by atoms with van der Waals surface area (Å²) >= 11 is 6.32. The number of para-hydroxylation sites is 2. The second-order valence-electron chi connectivity index (χ2n) is 6.00. The van der Waals surface area contributed by atoms with Crippen molar-refractivity contribution in [2.45, 2.75) is 19.8 Å². The summed E-state index contributed by atoms with van der Waals surface area (Å²) in [7, 11) is 1.55. The van der Waals surface area contributed by atoms with Crippen molar-refractivity contribution in [3.05, 3.63) is 64.3 Å². The van der Waals surface area contributed by atoms with E-state index >= 15 is 0 Å². The van der Waals surface area contributed by atoms with E-state index in [0.717, 1.165) is 11.3 Å². The SMILES string of the molecule is COc1ccccc1NC(=O)c1ccc(NC2=C(C)C(=O)CC2)c(Cl)c1. The largest absolute Gasteiger partial charge is 0.495 e. The molecule has 0 aliphatic heterocycles. The number of carbonyl (C=O) groups is 2. The number of benzene rings is 2. The van der Waals surface area contributed by atoms with Gasteiger partial charge in [0.15, 0.2) is 5.78 Å². The van der Waals surface area contributed by atoms with Gasteiger partial charge in [-0.3, -0.25) is 9.59 Å². The average molecular weight is 371 g/mol. The molecule has 0 heterocycles. The molecule has 1 aliphatic carbocycles. The Morgan fingerprint density at radius 1 is 1.12 bits per heavy atom. The highest BCUT2D eigenvalue weighted by atomic mass is 35.5. The van der Waals surface area contributed by atoms with E-state index in [2.05, 4.69) is 10.6 Å². The Balaban J connectivity index is 1.77. The first-order chi connectivity index (χ1) is 12.5. The lowest BCUT2D eigenvalue weighted by Crippen LogP contribution is -2.13. The molecule has 2 N–H and O–H groups in total. The second-order valence-corrected chi connectivity index (χ2v) is 6.41. The zero-order valence-corrected chi connectivity index (χ0v) is 15.3. The topological polar surface area (TPSA) is 67.4 Å². The van der Waals surface area contributed by atoms with Gasteiger partial charge in [0.25, 0.3) is 5.91 Å². The monoisotopic (exact) mass is 370 g/mol. The Hall–Kier alpha value is -2.79. The number of allylic oxidation sites excluding steroid dienone is 2. The molecule has 0 unspecified atom stereocenters. The van der Waals surface area contributed by atoms with Crippen molar-refractivity contribution >= 4 is 34.7 Å². The van der Waals surface area contributed by atoms with Crippen molar-refractivity contribution in [3.63, 3.8) is 0 Å². The number of halogens is 1. The fraction of sp³-hybridized carbons (Fsp3) is 0.200. The number of hydrogen-bond acceptors (Lipinski definition) is 4. The van der Waals surface area contributed by atoms with Gasteiger partial charge in [-0.05, 0) is 43.7 Å². The highest BCUT2D eigenvalue weighted by Gasteiger charge is 2.20. The van der Waals surface area contributed by atoms with E-state index in [1.165, 1.54) is 0 Å². The lowest BCUT2D eigenvalue weighted by atomic mass is 10.1. The number of hydrogen-bond donors (Lipinski definition) is 2. The summed E-state index contributed by atoms with van der Waals surface area (Å²) in [6.45, 7) is 1.81. The quantitative estimate of drug-likeness (QED) is 0.803. The number of carbonyl (C=O) groups excluding carboxylic acids is 2. The molecule has 134 valence electrons. The van der Waals surface area contributed by atoms with Gasteiger partial charge < -0.3 is 15.4 Å². The third kappa shape index (κ3) is 3.73. The van der Waals surface area contributed by atoms with Crippen molar-refractivity contribution in [3.8, 4) is 5.75 Å². The standard InChI is InChI=1S/C20H19ClN2O3/c1-12-15(9-10-18(12)24)22-16-8-7-13(11-14(16)21)20(25)23-17-5-3-4-6-19(17)26-2/h3-8,11,22H,9-10H2,1-2H3,(H,23,25). The minimum atomic E-state index is -0.283. The lowest BCUT2D eigenvalue weighted by Gasteiger charge is -2.13. The molecule has 5 nitrogen and oxygen atoms in total. The fourth-order valence-electron chi connectivity index (χ4n) is 2.80. The molecule has 2 aromatic rings. The normalized spacial score (nSPS) is 13.7. The van der Waals surface area contributed by atoms with Gasteiger partial charge in [0.05, 0.1) is 23.5 Å². The molecule has 0 radical (unpaired) electrons. The van der Waals surface area contributed by atoms with Gasteiger partial charge in [0, 0.05) is 23.3 Å². The minimum absolute atomic E-state index is 0.149. The van der Waals surface area contributed by atoms with E-state index in [4.69, 9.17) is 16.3 Å². The van der Waals surface area contributed by atoms with Crippen molar-refractivity contribution < 1.29 is 14.3 Å². The van der Waals surface area contributed by atoms with Crippen LogP contribution in [0.3, 0.4) is 0 Å². The molecule has 26 heavy (non-hydrogen) atoms. The summed E-state index contributed by atoms with van der Waals surface area (Å²) in [5.41, 5.74) is 3.30. The molecule has 0 fully saturated rings. The van der Waals surface area contributed by atoms with E-state index in [9.17, 15) is 9.59 Å². The highest BCUT2D eigenvalue weighted by molar-refractivity contribution is 6.33. The van der Waals surface area contributed by atoms with Crippen LogP contribution in [-0.2, 0) is 4.79 Å². The van der Waals surface area contributed by atoms with Gasteiger partial charge in [-0.2, -0.15) is 0 Å². The predicted octanol–water partition coefficient (Wildman–Crippen LogP) is 4.65. The third-order valence-electron chi connectivity index (χ3n) is 4.34. The van der Waals surface area contributed by atoms with E-state index in [1.807, 2.05) is 12.1 Å². The maximum absolute atomic E-state index is 12.5. The van der Waals surface area contributed by atoms with E-state index < -0.39 is 0 Å².